The molecule has 2 rings (SSSR count). The summed E-state index contributed by atoms with van der Waals surface area (Å²) in [6.07, 6.45) is 3.90. The topological polar surface area (TPSA) is 34.4 Å². The smallest absolute Gasteiger partial charge is 0.131 e. The Labute approximate surface area is 112 Å². The molecule has 1 heterocycles. The lowest BCUT2D eigenvalue weighted by Crippen LogP contribution is -2.00. The number of benzene rings is 1. The number of rotatable bonds is 5. The molecule has 0 fully saturated rings. The van der Waals surface area contributed by atoms with Crippen LogP contribution in [0.15, 0.2) is 36.7 Å². The fraction of sp³-hybridized carbons (Fsp3) is 0.333. The van der Waals surface area contributed by atoms with Crippen LogP contribution in [0.2, 0.25) is 0 Å². The third-order valence-electron chi connectivity index (χ3n) is 3.16. The Morgan fingerprint density at radius 1 is 1.37 bits per heavy atom. The van der Waals surface area contributed by atoms with E-state index >= 15 is 0 Å². The van der Waals surface area contributed by atoms with Gasteiger partial charge in [-0.3, -0.25) is 0 Å². The van der Waals surface area contributed by atoms with Crippen LogP contribution in [0.3, 0.4) is 0 Å². The molecule has 0 saturated carbocycles. The highest BCUT2D eigenvalue weighted by Crippen LogP contribution is 2.20. The second-order valence-corrected chi connectivity index (χ2v) is 4.50. The van der Waals surface area contributed by atoms with Gasteiger partial charge in [-0.25, -0.2) is 4.39 Å². The Bertz CT molecular complexity index is 551. The number of hydrogen-bond acceptors (Lipinski definition) is 2. The molecule has 0 aliphatic heterocycles. The van der Waals surface area contributed by atoms with Crippen molar-refractivity contribution in [3.05, 3.63) is 53.6 Å². The lowest BCUT2D eigenvalue weighted by Gasteiger charge is -2.07. The molecule has 19 heavy (non-hydrogen) atoms. The van der Waals surface area contributed by atoms with Crippen molar-refractivity contribution in [1.29, 1.82) is 0 Å². The third-order valence-corrected chi connectivity index (χ3v) is 3.16. The monoisotopic (exact) mass is 263 g/mol. The first-order valence-corrected chi connectivity index (χ1v) is 6.30. The van der Waals surface area contributed by atoms with Gasteiger partial charge in [0.15, 0.2) is 0 Å². The molecule has 2 aromatic rings. The Morgan fingerprint density at radius 3 is 2.79 bits per heavy atom. The van der Waals surface area contributed by atoms with Crippen LogP contribution in [-0.2, 0) is 6.54 Å². The Hall–Kier alpha value is -1.81. The molecular formula is C15H18FNO2. The molecule has 0 radical (unpaired) electrons. The summed E-state index contributed by atoms with van der Waals surface area (Å²) in [6.45, 7) is 2.36. The highest BCUT2D eigenvalue weighted by atomic mass is 19.1. The molecule has 3 nitrogen and oxygen atoms in total. The molecule has 102 valence electrons. The van der Waals surface area contributed by atoms with Crippen molar-refractivity contribution in [2.75, 3.05) is 7.11 Å². The van der Waals surface area contributed by atoms with Crippen LogP contribution in [0, 0.1) is 5.82 Å². The minimum atomic E-state index is -0.457. The lowest BCUT2D eigenvalue weighted by atomic mass is 10.1. The van der Waals surface area contributed by atoms with Gasteiger partial charge in [0.25, 0.3) is 0 Å². The summed E-state index contributed by atoms with van der Waals surface area (Å²) in [5.41, 5.74) is 1.45. The zero-order chi connectivity index (χ0) is 13.8. The molecule has 4 heteroatoms. The number of aromatic nitrogens is 1. The van der Waals surface area contributed by atoms with E-state index < -0.39 is 6.10 Å². The first-order valence-electron chi connectivity index (χ1n) is 6.30. The molecule has 0 saturated heterocycles. The predicted octanol–water partition coefficient (Wildman–Crippen LogP) is 3.13. The van der Waals surface area contributed by atoms with Crippen LogP contribution in [0.1, 0.15) is 30.6 Å². The molecule has 0 bridgehead atoms. The number of ether oxygens (including phenoxy) is 1. The molecule has 0 amide bonds. The van der Waals surface area contributed by atoms with E-state index in [0.717, 1.165) is 5.56 Å². The summed E-state index contributed by atoms with van der Waals surface area (Å²) >= 11 is 0. The van der Waals surface area contributed by atoms with Crippen LogP contribution in [0.5, 0.6) is 5.75 Å². The van der Waals surface area contributed by atoms with Gasteiger partial charge in [0.1, 0.15) is 11.6 Å². The minimum absolute atomic E-state index is 0.286. The molecule has 0 aliphatic carbocycles. The van der Waals surface area contributed by atoms with E-state index in [0.29, 0.717) is 24.3 Å². The summed E-state index contributed by atoms with van der Waals surface area (Å²) in [7, 11) is 1.51. The molecular weight excluding hydrogens is 245 g/mol. The van der Waals surface area contributed by atoms with Crippen LogP contribution in [0.4, 0.5) is 4.39 Å². The van der Waals surface area contributed by atoms with E-state index in [9.17, 15) is 9.50 Å². The number of aliphatic hydroxyl groups is 1. The van der Waals surface area contributed by atoms with Crippen molar-refractivity contribution in [2.45, 2.75) is 26.0 Å². The van der Waals surface area contributed by atoms with Gasteiger partial charge in [-0.05, 0) is 24.1 Å². The second-order valence-electron chi connectivity index (χ2n) is 4.50. The van der Waals surface area contributed by atoms with Gasteiger partial charge in [0.2, 0.25) is 0 Å². The molecule has 1 aromatic heterocycles. The van der Waals surface area contributed by atoms with Gasteiger partial charge in [-0.1, -0.05) is 13.0 Å². The van der Waals surface area contributed by atoms with Crippen LogP contribution in [-0.4, -0.2) is 16.8 Å². The highest BCUT2D eigenvalue weighted by molar-refractivity contribution is 5.29. The summed E-state index contributed by atoms with van der Waals surface area (Å²) in [4.78, 5) is 0. The molecule has 1 atom stereocenters. The van der Waals surface area contributed by atoms with Crippen molar-refractivity contribution < 1.29 is 14.2 Å². The molecule has 0 spiro atoms. The van der Waals surface area contributed by atoms with Crippen molar-refractivity contribution in [3.8, 4) is 5.75 Å². The SMILES string of the molecule is CCC(O)c1ccn(Cc2ccc(OC)cc2F)c1. The van der Waals surface area contributed by atoms with Crippen LogP contribution >= 0.6 is 0 Å². The maximum Gasteiger partial charge on any atom is 0.131 e. The van der Waals surface area contributed by atoms with Gasteiger partial charge in [-0.15, -0.1) is 0 Å². The zero-order valence-electron chi connectivity index (χ0n) is 11.1. The first-order chi connectivity index (χ1) is 9.13. The van der Waals surface area contributed by atoms with E-state index in [2.05, 4.69) is 0 Å². The number of halogens is 1. The molecule has 1 unspecified atom stereocenters. The average Bonchev–Trinajstić information content (AvgIpc) is 2.88. The van der Waals surface area contributed by atoms with Crippen LogP contribution < -0.4 is 4.74 Å². The Kier molecular flexibility index (Phi) is 4.22. The van der Waals surface area contributed by atoms with Gasteiger partial charge in [0.05, 0.1) is 13.2 Å². The number of methoxy groups -OCH3 is 1. The number of hydrogen-bond donors (Lipinski definition) is 1. The van der Waals surface area contributed by atoms with Crippen molar-refractivity contribution in [2.24, 2.45) is 0 Å². The van der Waals surface area contributed by atoms with E-state index in [1.807, 2.05) is 30.0 Å². The normalized spacial score (nSPS) is 12.4. The minimum Gasteiger partial charge on any atom is -0.497 e. The maximum atomic E-state index is 13.8. The fourth-order valence-corrected chi connectivity index (χ4v) is 1.97. The molecule has 0 aliphatic rings. The standard InChI is InChI=1S/C15H18FNO2/c1-3-15(18)12-6-7-17(10-12)9-11-4-5-13(19-2)8-14(11)16/h4-8,10,15,18H,3,9H2,1-2H3. The van der Waals surface area contributed by atoms with Gasteiger partial charge in [0, 0.05) is 30.6 Å². The summed E-state index contributed by atoms with van der Waals surface area (Å²) in [5.74, 6) is 0.224. The molecule has 1 N–H and O–H groups in total. The number of aliphatic hydroxyl groups excluding tert-OH is 1. The average molecular weight is 263 g/mol. The van der Waals surface area contributed by atoms with Crippen LogP contribution in [0.25, 0.3) is 0 Å². The van der Waals surface area contributed by atoms with Crippen molar-refractivity contribution >= 4 is 0 Å². The third kappa shape index (κ3) is 3.15. The summed E-state index contributed by atoms with van der Waals surface area (Å²) < 4.78 is 20.6. The zero-order valence-corrected chi connectivity index (χ0v) is 11.1. The van der Waals surface area contributed by atoms with Crippen molar-refractivity contribution in [3.63, 3.8) is 0 Å². The fourth-order valence-electron chi connectivity index (χ4n) is 1.97. The van der Waals surface area contributed by atoms with Crippen molar-refractivity contribution in [1.82, 2.24) is 4.57 Å². The predicted molar refractivity (Wildman–Crippen MR) is 71.7 cm³/mol. The molecule has 1 aromatic carbocycles. The highest BCUT2D eigenvalue weighted by Gasteiger charge is 2.08. The van der Waals surface area contributed by atoms with Gasteiger partial charge in [-0.2, -0.15) is 0 Å². The van der Waals surface area contributed by atoms with E-state index in [1.165, 1.54) is 13.2 Å². The van der Waals surface area contributed by atoms with Gasteiger partial charge < -0.3 is 14.4 Å². The maximum absolute atomic E-state index is 13.8. The number of nitrogens with zero attached hydrogens (tertiary/aromatic N) is 1. The Balaban J connectivity index is 2.15. The van der Waals surface area contributed by atoms with E-state index in [1.54, 1.807) is 12.1 Å². The van der Waals surface area contributed by atoms with E-state index in [-0.39, 0.29) is 5.82 Å². The second kappa shape index (κ2) is 5.89. The van der Waals surface area contributed by atoms with E-state index in [4.69, 9.17) is 4.74 Å². The first kappa shape index (κ1) is 13.6. The van der Waals surface area contributed by atoms with Gasteiger partial charge >= 0.3 is 0 Å². The Morgan fingerprint density at radius 2 is 2.16 bits per heavy atom. The summed E-state index contributed by atoms with van der Waals surface area (Å²) in [6, 6.07) is 6.68. The quantitative estimate of drug-likeness (QED) is 0.899. The summed E-state index contributed by atoms with van der Waals surface area (Å²) in [5, 5.41) is 9.73. The lowest BCUT2D eigenvalue weighted by molar-refractivity contribution is 0.173. The largest absolute Gasteiger partial charge is 0.497 e.